The summed E-state index contributed by atoms with van der Waals surface area (Å²) in [6, 6.07) is 38.0. The summed E-state index contributed by atoms with van der Waals surface area (Å²) < 4.78 is 31.8. The summed E-state index contributed by atoms with van der Waals surface area (Å²) in [6.07, 6.45) is 2.64. The van der Waals surface area contributed by atoms with Crippen LogP contribution in [0.2, 0.25) is 15.1 Å². The van der Waals surface area contributed by atoms with Crippen molar-refractivity contribution in [1.29, 1.82) is 0 Å². The van der Waals surface area contributed by atoms with Crippen LogP contribution in [-0.2, 0) is 35.0 Å². The fraction of sp³-hybridized carbons (Fsp3) is 0.175. The maximum Gasteiger partial charge on any atom is 0.335 e. The second kappa shape index (κ2) is 15.8. The predicted molar refractivity (Wildman–Crippen MR) is 203 cm³/mol. The molecular formula is C40H35Cl3N2O4S. The van der Waals surface area contributed by atoms with E-state index in [0.717, 1.165) is 51.7 Å². The lowest BCUT2D eigenvalue weighted by Crippen LogP contribution is -2.28. The Kier molecular flexibility index (Phi) is 11.3. The van der Waals surface area contributed by atoms with Gasteiger partial charge in [0.1, 0.15) is 0 Å². The Balaban J connectivity index is 1.40. The molecule has 0 aliphatic heterocycles. The van der Waals surface area contributed by atoms with Gasteiger partial charge in [-0.2, -0.15) is 0 Å². The number of rotatable bonds is 14. The number of nitrogens with one attached hydrogen (secondary N) is 1. The number of halogens is 3. The van der Waals surface area contributed by atoms with Crippen LogP contribution in [0.15, 0.2) is 121 Å². The first-order valence-electron chi connectivity index (χ1n) is 16.2. The number of carboxylic acid groups (broad SMARTS) is 1. The molecule has 256 valence electrons. The number of aromatic carboxylic acids is 1. The number of carboxylic acids is 1. The molecule has 0 unspecified atom stereocenters. The van der Waals surface area contributed by atoms with Crippen molar-refractivity contribution in [2.75, 3.05) is 6.54 Å². The second-order valence-electron chi connectivity index (χ2n) is 12.2. The summed E-state index contributed by atoms with van der Waals surface area (Å²) in [5.41, 5.74) is 7.09. The molecule has 0 saturated carbocycles. The maximum atomic E-state index is 13.3. The van der Waals surface area contributed by atoms with Gasteiger partial charge in [-0.3, -0.25) is 0 Å². The number of aryl methyl sites for hydroxylation is 2. The molecule has 0 bridgehead atoms. The highest BCUT2D eigenvalue weighted by atomic mass is 35.5. The van der Waals surface area contributed by atoms with Crippen molar-refractivity contribution in [2.24, 2.45) is 0 Å². The fourth-order valence-corrected chi connectivity index (χ4v) is 8.45. The van der Waals surface area contributed by atoms with Crippen molar-refractivity contribution in [3.8, 4) is 0 Å². The molecule has 0 aliphatic carbocycles. The first kappa shape index (κ1) is 35.7. The minimum Gasteiger partial charge on any atom is -0.478 e. The van der Waals surface area contributed by atoms with Crippen LogP contribution in [0.4, 0.5) is 0 Å². The number of hydrogen-bond acceptors (Lipinski definition) is 3. The fourth-order valence-electron chi connectivity index (χ4n) is 6.59. The maximum absolute atomic E-state index is 13.3. The van der Waals surface area contributed by atoms with E-state index >= 15 is 0 Å². The Labute approximate surface area is 307 Å². The SMILES string of the molecule is O=C(O)c1ccc(CCCc2c(CCNS(=O)(=O)Cc3cc(Cl)cc(Cl)c3)n(C(c3ccccc3)c3ccccc3)c3ccc(Cl)cc23)cc1. The van der Waals surface area contributed by atoms with Crippen LogP contribution in [-0.4, -0.2) is 30.6 Å². The number of carbonyl (C=O) groups is 1. The Morgan fingerprint density at radius 2 is 1.32 bits per heavy atom. The van der Waals surface area contributed by atoms with E-state index in [4.69, 9.17) is 34.8 Å². The molecule has 6 nitrogen and oxygen atoms in total. The van der Waals surface area contributed by atoms with Gasteiger partial charge >= 0.3 is 5.97 Å². The number of benzene rings is 5. The highest BCUT2D eigenvalue weighted by Gasteiger charge is 2.26. The van der Waals surface area contributed by atoms with Crippen LogP contribution in [0.1, 0.15) is 56.3 Å². The molecule has 0 amide bonds. The summed E-state index contributed by atoms with van der Waals surface area (Å²) in [6.45, 7) is 0.167. The molecule has 1 heterocycles. The van der Waals surface area contributed by atoms with Crippen molar-refractivity contribution in [2.45, 2.75) is 37.5 Å². The Morgan fingerprint density at radius 1 is 0.700 bits per heavy atom. The number of nitrogens with zero attached hydrogens (tertiary/aromatic N) is 1. The average molecular weight is 746 g/mol. The zero-order valence-corrected chi connectivity index (χ0v) is 30.1. The van der Waals surface area contributed by atoms with E-state index in [1.165, 1.54) is 0 Å². The third kappa shape index (κ3) is 8.60. The zero-order valence-electron chi connectivity index (χ0n) is 27.0. The highest BCUT2D eigenvalue weighted by Crippen LogP contribution is 2.38. The normalized spacial score (nSPS) is 11.8. The largest absolute Gasteiger partial charge is 0.478 e. The first-order valence-corrected chi connectivity index (χ1v) is 19.0. The van der Waals surface area contributed by atoms with Gasteiger partial charge in [-0.25, -0.2) is 17.9 Å². The molecular weight excluding hydrogens is 711 g/mol. The molecule has 6 rings (SSSR count). The van der Waals surface area contributed by atoms with Crippen LogP contribution in [0.25, 0.3) is 10.9 Å². The standard InChI is InChI=1S/C40H35Cl3N2O4S/c41-32-18-19-37-36(25-32)35(13-7-8-27-14-16-31(17-15-27)40(46)47)38(20-21-44-50(48,49)26-28-22-33(42)24-34(43)23-28)45(37)39(29-9-3-1-4-10-29)30-11-5-2-6-12-30/h1-6,9-12,14-19,22-25,39,44H,7-8,13,20-21,26H2,(H,46,47). The Morgan fingerprint density at radius 3 is 1.92 bits per heavy atom. The molecule has 10 heteroatoms. The molecule has 6 aromatic rings. The minimum atomic E-state index is -3.73. The number of aromatic nitrogens is 1. The van der Waals surface area contributed by atoms with Crippen LogP contribution >= 0.6 is 34.8 Å². The second-order valence-corrected chi connectivity index (χ2v) is 15.3. The monoisotopic (exact) mass is 744 g/mol. The lowest BCUT2D eigenvalue weighted by atomic mass is 9.97. The number of sulfonamides is 1. The van der Waals surface area contributed by atoms with Gasteiger partial charge in [-0.05, 0) is 95.6 Å². The molecule has 0 saturated heterocycles. The molecule has 50 heavy (non-hydrogen) atoms. The Bertz CT molecular complexity index is 2160. The van der Waals surface area contributed by atoms with Crippen molar-refractivity contribution >= 4 is 61.7 Å². The van der Waals surface area contributed by atoms with Crippen molar-refractivity contribution in [3.05, 3.63) is 175 Å². The Hall–Kier alpha value is -4.11. The van der Waals surface area contributed by atoms with Crippen LogP contribution in [0.3, 0.4) is 0 Å². The van der Waals surface area contributed by atoms with E-state index in [2.05, 4.69) is 33.6 Å². The van der Waals surface area contributed by atoms with E-state index < -0.39 is 16.0 Å². The zero-order chi connectivity index (χ0) is 35.3. The number of fused-ring (bicyclic) bond motifs is 1. The van der Waals surface area contributed by atoms with Crippen LogP contribution in [0.5, 0.6) is 0 Å². The summed E-state index contributed by atoms with van der Waals surface area (Å²) >= 11 is 18.9. The summed E-state index contributed by atoms with van der Waals surface area (Å²) in [4.78, 5) is 11.4. The van der Waals surface area contributed by atoms with Crippen molar-refractivity contribution in [1.82, 2.24) is 9.29 Å². The minimum absolute atomic E-state index is 0.167. The van der Waals surface area contributed by atoms with Gasteiger partial charge in [0.15, 0.2) is 0 Å². The van der Waals surface area contributed by atoms with Crippen LogP contribution in [0, 0.1) is 0 Å². The summed E-state index contributed by atoms with van der Waals surface area (Å²) in [5.74, 6) is -1.21. The van der Waals surface area contributed by atoms with Gasteiger partial charge in [0.2, 0.25) is 10.0 Å². The third-order valence-electron chi connectivity index (χ3n) is 8.73. The molecule has 0 fully saturated rings. The third-order valence-corrected chi connectivity index (χ3v) is 10.8. The van der Waals surface area contributed by atoms with Crippen LogP contribution < -0.4 is 4.72 Å². The van der Waals surface area contributed by atoms with E-state index in [0.29, 0.717) is 33.5 Å². The van der Waals surface area contributed by atoms with Crippen molar-refractivity contribution in [3.63, 3.8) is 0 Å². The molecule has 0 radical (unpaired) electrons. The lowest BCUT2D eigenvalue weighted by Gasteiger charge is -2.25. The molecule has 2 N–H and O–H groups in total. The first-order chi connectivity index (χ1) is 24.1. The van der Waals surface area contributed by atoms with E-state index in [-0.39, 0.29) is 23.9 Å². The van der Waals surface area contributed by atoms with Gasteiger partial charge in [-0.1, -0.05) is 108 Å². The molecule has 1 aromatic heterocycles. The predicted octanol–water partition coefficient (Wildman–Crippen LogP) is 9.77. The van der Waals surface area contributed by atoms with E-state index in [1.54, 1.807) is 30.3 Å². The van der Waals surface area contributed by atoms with E-state index in [1.807, 2.05) is 66.7 Å². The van der Waals surface area contributed by atoms with E-state index in [9.17, 15) is 18.3 Å². The average Bonchev–Trinajstić information content (AvgIpc) is 3.37. The van der Waals surface area contributed by atoms with Gasteiger partial charge in [0, 0.05) is 44.6 Å². The van der Waals surface area contributed by atoms with Gasteiger partial charge in [0.25, 0.3) is 0 Å². The molecule has 5 aromatic carbocycles. The highest BCUT2D eigenvalue weighted by molar-refractivity contribution is 7.88. The topological polar surface area (TPSA) is 88.4 Å². The summed E-state index contributed by atoms with van der Waals surface area (Å²) in [5, 5.41) is 11.7. The van der Waals surface area contributed by atoms with Gasteiger partial charge in [0.05, 0.1) is 17.4 Å². The molecule has 0 atom stereocenters. The van der Waals surface area contributed by atoms with Gasteiger partial charge < -0.3 is 9.67 Å². The molecule has 0 aliphatic rings. The molecule has 0 spiro atoms. The van der Waals surface area contributed by atoms with Crippen molar-refractivity contribution < 1.29 is 18.3 Å². The van der Waals surface area contributed by atoms with Gasteiger partial charge in [-0.15, -0.1) is 0 Å². The summed E-state index contributed by atoms with van der Waals surface area (Å²) in [7, 11) is -3.73. The lowest BCUT2D eigenvalue weighted by molar-refractivity contribution is 0.0697. The smallest absolute Gasteiger partial charge is 0.335 e. The quantitative estimate of drug-likeness (QED) is 0.116. The number of hydrogen-bond donors (Lipinski definition) is 2.